The minimum Gasteiger partial charge on any atom is -0.466 e. The molecule has 0 aliphatic carbocycles. The summed E-state index contributed by atoms with van der Waals surface area (Å²) in [4.78, 5) is 38.9. The minimum atomic E-state index is -1.88. The first-order valence-corrected chi connectivity index (χ1v) is 8.95. The van der Waals surface area contributed by atoms with Gasteiger partial charge in [-0.15, -0.1) is 0 Å². The zero-order valence-electron chi connectivity index (χ0n) is 15.1. The summed E-state index contributed by atoms with van der Waals surface area (Å²) in [6.07, 6.45) is 1.37. The van der Waals surface area contributed by atoms with E-state index >= 15 is 0 Å². The van der Waals surface area contributed by atoms with Crippen LogP contribution in [0.1, 0.15) is 12.5 Å². The highest BCUT2D eigenvalue weighted by Crippen LogP contribution is 2.52. The number of carbonyl (C=O) groups excluding carboxylic acids is 3. The number of amides is 1. The molecule has 9 heteroatoms. The number of hydrogen-bond donors (Lipinski definition) is 2. The van der Waals surface area contributed by atoms with E-state index in [1.54, 1.807) is 18.2 Å². The molecule has 0 saturated carbocycles. The zero-order valence-corrected chi connectivity index (χ0v) is 16.7. The molecule has 146 valence electrons. The van der Waals surface area contributed by atoms with Gasteiger partial charge < -0.3 is 25.3 Å². The average molecular weight is 449 g/mol. The maximum Gasteiger partial charge on any atom is 0.341 e. The Balaban J connectivity index is 2.39. The Morgan fingerprint density at radius 1 is 1.36 bits per heavy atom. The van der Waals surface area contributed by atoms with E-state index in [2.05, 4.69) is 27.8 Å². The number of anilines is 1. The Morgan fingerprint density at radius 3 is 2.71 bits per heavy atom. The van der Waals surface area contributed by atoms with E-state index in [1.165, 1.54) is 20.1 Å². The Labute approximate surface area is 169 Å². The highest BCUT2D eigenvalue weighted by Gasteiger charge is 2.61. The number of nitrogens with one attached hydrogen (secondary N) is 1. The van der Waals surface area contributed by atoms with E-state index in [-0.39, 0.29) is 29.4 Å². The Morgan fingerprint density at radius 2 is 2.07 bits per heavy atom. The fourth-order valence-corrected chi connectivity index (χ4v) is 3.83. The average Bonchev–Trinajstić information content (AvgIpc) is 2.91. The van der Waals surface area contributed by atoms with Crippen LogP contribution in [0.3, 0.4) is 0 Å². The van der Waals surface area contributed by atoms with Crippen LogP contribution in [0.25, 0.3) is 0 Å². The number of esters is 2. The zero-order chi connectivity index (χ0) is 20.6. The lowest BCUT2D eigenvalue weighted by molar-refractivity contribution is -0.141. The second-order valence-electron chi connectivity index (χ2n) is 6.05. The number of fused-ring (bicyclic) bond motifs is 2. The van der Waals surface area contributed by atoms with E-state index in [1.807, 2.05) is 0 Å². The Hall–Kier alpha value is -3.07. The Kier molecular flexibility index (Phi) is 5.03. The SMILES string of the molecule is C=CCOC(=O)C1=C(N)OC(C)=C(C(=O)OC)[C@@]12C(=O)Nc1ccc(Br)cc12. The summed E-state index contributed by atoms with van der Waals surface area (Å²) in [6.45, 7) is 4.84. The van der Waals surface area contributed by atoms with Gasteiger partial charge in [-0.05, 0) is 25.1 Å². The predicted molar refractivity (Wildman–Crippen MR) is 103 cm³/mol. The van der Waals surface area contributed by atoms with Crippen LogP contribution in [0.5, 0.6) is 0 Å². The van der Waals surface area contributed by atoms with Crippen molar-refractivity contribution in [2.45, 2.75) is 12.3 Å². The lowest BCUT2D eigenvalue weighted by Crippen LogP contribution is -2.48. The lowest BCUT2D eigenvalue weighted by atomic mass is 9.67. The molecule has 1 aromatic rings. The van der Waals surface area contributed by atoms with Crippen LogP contribution in [0.4, 0.5) is 5.69 Å². The van der Waals surface area contributed by atoms with Gasteiger partial charge in [0, 0.05) is 15.7 Å². The number of hydrogen-bond acceptors (Lipinski definition) is 7. The smallest absolute Gasteiger partial charge is 0.341 e. The fraction of sp³-hybridized carbons (Fsp3) is 0.211. The highest BCUT2D eigenvalue weighted by atomic mass is 79.9. The van der Waals surface area contributed by atoms with Crippen molar-refractivity contribution in [2.75, 3.05) is 19.0 Å². The summed E-state index contributed by atoms with van der Waals surface area (Å²) < 4.78 is 16.1. The van der Waals surface area contributed by atoms with Crippen molar-refractivity contribution in [3.05, 3.63) is 63.7 Å². The minimum absolute atomic E-state index is 0.0487. The molecule has 28 heavy (non-hydrogen) atoms. The van der Waals surface area contributed by atoms with Crippen LogP contribution < -0.4 is 11.1 Å². The molecule has 3 rings (SSSR count). The van der Waals surface area contributed by atoms with Gasteiger partial charge in [0.1, 0.15) is 28.9 Å². The van der Waals surface area contributed by atoms with Crippen molar-refractivity contribution >= 4 is 39.5 Å². The van der Waals surface area contributed by atoms with Crippen molar-refractivity contribution in [1.29, 1.82) is 0 Å². The number of allylic oxidation sites excluding steroid dienone is 1. The molecule has 2 aliphatic rings. The summed E-state index contributed by atoms with van der Waals surface area (Å²) in [5.41, 5.74) is 4.46. The van der Waals surface area contributed by atoms with E-state index in [4.69, 9.17) is 19.9 Å². The van der Waals surface area contributed by atoms with Gasteiger partial charge in [0.05, 0.1) is 7.11 Å². The van der Waals surface area contributed by atoms with Gasteiger partial charge in [-0.2, -0.15) is 0 Å². The number of ether oxygens (including phenoxy) is 3. The normalized spacial score (nSPS) is 20.5. The van der Waals surface area contributed by atoms with Gasteiger partial charge in [-0.1, -0.05) is 28.6 Å². The largest absolute Gasteiger partial charge is 0.466 e. The molecule has 8 nitrogen and oxygen atoms in total. The van der Waals surface area contributed by atoms with Crippen molar-refractivity contribution in [3.8, 4) is 0 Å². The van der Waals surface area contributed by atoms with Gasteiger partial charge in [0.25, 0.3) is 0 Å². The second kappa shape index (κ2) is 7.16. The summed E-state index contributed by atoms with van der Waals surface area (Å²) >= 11 is 3.36. The van der Waals surface area contributed by atoms with Crippen LogP contribution in [0.15, 0.2) is 58.1 Å². The third kappa shape index (κ3) is 2.70. The molecule has 0 unspecified atom stereocenters. The van der Waals surface area contributed by atoms with Crippen LogP contribution in [0, 0.1) is 0 Å². The third-order valence-electron chi connectivity index (χ3n) is 4.51. The highest BCUT2D eigenvalue weighted by molar-refractivity contribution is 9.10. The summed E-state index contributed by atoms with van der Waals surface area (Å²) in [6, 6.07) is 4.99. The third-order valence-corrected chi connectivity index (χ3v) is 5.01. The van der Waals surface area contributed by atoms with Crippen LogP contribution in [-0.2, 0) is 34.0 Å². The van der Waals surface area contributed by atoms with Crippen LogP contribution in [-0.4, -0.2) is 31.6 Å². The molecule has 0 bridgehead atoms. The second-order valence-corrected chi connectivity index (χ2v) is 6.96. The molecule has 2 heterocycles. The number of rotatable bonds is 4. The molecule has 3 N–H and O–H groups in total. The number of carbonyl (C=O) groups is 3. The number of nitrogens with two attached hydrogens (primary N) is 1. The van der Waals surface area contributed by atoms with Gasteiger partial charge in [0.15, 0.2) is 0 Å². The molecular formula is C19H17BrN2O6. The first-order chi connectivity index (χ1) is 13.3. The molecule has 0 radical (unpaired) electrons. The quantitative estimate of drug-likeness (QED) is 0.534. The van der Waals surface area contributed by atoms with E-state index in [9.17, 15) is 14.4 Å². The maximum absolute atomic E-state index is 13.3. The first-order valence-electron chi connectivity index (χ1n) is 8.16. The molecule has 2 aliphatic heterocycles. The van der Waals surface area contributed by atoms with E-state index in [0.29, 0.717) is 15.7 Å². The number of halogens is 1. The van der Waals surface area contributed by atoms with Crippen LogP contribution >= 0.6 is 15.9 Å². The monoisotopic (exact) mass is 448 g/mol. The number of methoxy groups -OCH3 is 1. The van der Waals surface area contributed by atoms with Crippen LogP contribution in [0.2, 0.25) is 0 Å². The van der Waals surface area contributed by atoms with Gasteiger partial charge in [-0.25, -0.2) is 9.59 Å². The topological polar surface area (TPSA) is 117 Å². The molecule has 1 aromatic carbocycles. The molecule has 0 aromatic heterocycles. The molecule has 1 amide bonds. The fourth-order valence-electron chi connectivity index (χ4n) is 3.47. The molecule has 1 spiro atoms. The summed E-state index contributed by atoms with van der Waals surface area (Å²) in [7, 11) is 1.17. The molecular weight excluding hydrogens is 432 g/mol. The molecule has 0 saturated heterocycles. The maximum atomic E-state index is 13.3. The van der Waals surface area contributed by atoms with Crippen molar-refractivity contribution in [2.24, 2.45) is 5.73 Å². The predicted octanol–water partition coefficient (Wildman–Crippen LogP) is 2.02. The first kappa shape index (κ1) is 19.7. The van der Waals surface area contributed by atoms with Crippen molar-refractivity contribution in [1.82, 2.24) is 0 Å². The standard InChI is InChI=1S/C19H17BrN2O6/c1-4-7-27-17(24)14-15(21)28-9(2)13(16(23)26-3)19(14)11-8-10(20)5-6-12(11)22-18(19)25/h4-6,8H,1,7,21H2,2-3H3,(H,22,25)/t19-/m1/s1. The van der Waals surface area contributed by atoms with E-state index < -0.39 is 23.3 Å². The van der Waals surface area contributed by atoms with Crippen molar-refractivity contribution in [3.63, 3.8) is 0 Å². The van der Waals surface area contributed by atoms with E-state index in [0.717, 1.165) is 0 Å². The van der Waals surface area contributed by atoms with Gasteiger partial charge in [-0.3, -0.25) is 4.79 Å². The molecule has 1 atom stereocenters. The molecule has 0 fully saturated rings. The number of benzene rings is 1. The van der Waals surface area contributed by atoms with Gasteiger partial charge in [0.2, 0.25) is 11.8 Å². The summed E-state index contributed by atoms with van der Waals surface area (Å²) in [5.74, 6) is -2.66. The Bertz CT molecular complexity index is 981. The van der Waals surface area contributed by atoms with Gasteiger partial charge >= 0.3 is 11.9 Å². The van der Waals surface area contributed by atoms with Crippen molar-refractivity contribution < 1.29 is 28.6 Å². The lowest BCUT2D eigenvalue weighted by Gasteiger charge is -2.35. The summed E-state index contributed by atoms with van der Waals surface area (Å²) in [5, 5.41) is 2.70.